The van der Waals surface area contributed by atoms with Crippen LogP contribution in [0.4, 0.5) is 11.6 Å². The molecule has 3 aromatic heterocycles. The van der Waals surface area contributed by atoms with E-state index in [2.05, 4.69) is 35.6 Å². The van der Waals surface area contributed by atoms with Crippen molar-refractivity contribution in [3.63, 3.8) is 0 Å². The highest BCUT2D eigenvalue weighted by molar-refractivity contribution is 7.09. The first kappa shape index (κ1) is 17.1. The first-order valence-corrected chi connectivity index (χ1v) is 9.34. The number of benzene rings is 1. The zero-order chi connectivity index (χ0) is 18.5. The van der Waals surface area contributed by atoms with Crippen molar-refractivity contribution in [1.82, 2.24) is 19.3 Å². The van der Waals surface area contributed by atoms with Crippen LogP contribution in [0.2, 0.25) is 0 Å². The molecule has 0 spiro atoms. The van der Waals surface area contributed by atoms with Crippen LogP contribution in [0.15, 0.2) is 54.9 Å². The highest BCUT2D eigenvalue weighted by atomic mass is 32.1. The van der Waals surface area contributed by atoms with Gasteiger partial charge in [-0.25, -0.2) is 4.85 Å². The smallest absolute Gasteiger partial charge is 0.235 e. The van der Waals surface area contributed by atoms with E-state index in [1.165, 1.54) is 11.5 Å². The molecule has 0 unspecified atom stereocenters. The molecule has 0 aliphatic carbocycles. The van der Waals surface area contributed by atoms with Crippen molar-refractivity contribution in [2.75, 3.05) is 11.9 Å². The summed E-state index contributed by atoms with van der Waals surface area (Å²) in [6.45, 7) is 7.71. The Hall–Kier alpha value is -3.37. The molecule has 0 saturated heterocycles. The van der Waals surface area contributed by atoms with Crippen LogP contribution in [0.1, 0.15) is 12.1 Å². The molecule has 0 aliphatic rings. The number of hydrogen-bond acceptors (Lipinski definition) is 6. The number of hydrogen-bond donors (Lipinski definition) is 1. The first-order valence-electron chi connectivity index (χ1n) is 8.57. The maximum atomic E-state index is 6.94. The van der Waals surface area contributed by atoms with Gasteiger partial charge >= 0.3 is 0 Å². The van der Waals surface area contributed by atoms with E-state index in [9.17, 15) is 0 Å². The first-order chi connectivity index (χ1) is 13.3. The topological polar surface area (TPSA) is 68.0 Å². The molecular formula is C20H16N6S. The molecule has 0 atom stereocenters. The van der Waals surface area contributed by atoms with E-state index in [1.54, 1.807) is 18.5 Å². The highest BCUT2D eigenvalue weighted by Gasteiger charge is 2.07. The lowest BCUT2D eigenvalue weighted by Crippen LogP contribution is -2.04. The monoisotopic (exact) mass is 372 g/mol. The summed E-state index contributed by atoms with van der Waals surface area (Å²) >= 11 is 1.39. The van der Waals surface area contributed by atoms with Gasteiger partial charge in [0.1, 0.15) is 5.01 Å². The molecule has 4 rings (SSSR count). The molecule has 0 aliphatic heterocycles. The summed E-state index contributed by atoms with van der Waals surface area (Å²) in [6, 6.07) is 13.8. The second kappa shape index (κ2) is 7.89. The molecule has 6 nitrogen and oxygen atoms in total. The molecule has 7 heteroatoms. The molecule has 4 aromatic rings. The van der Waals surface area contributed by atoms with E-state index < -0.39 is 0 Å². The van der Waals surface area contributed by atoms with Gasteiger partial charge in [-0.05, 0) is 48.6 Å². The van der Waals surface area contributed by atoms with E-state index in [4.69, 9.17) is 6.57 Å². The average Bonchev–Trinajstić information content (AvgIpc) is 3.20. The van der Waals surface area contributed by atoms with Gasteiger partial charge in [0.15, 0.2) is 0 Å². The largest absolute Gasteiger partial charge is 0.353 e. The molecule has 0 amide bonds. The SMILES string of the molecule is [C-]#[N+]c1ccc(CCCNc2nsc(-c3ccc4ncccc4c3)n2)nc1. The van der Waals surface area contributed by atoms with Gasteiger partial charge in [-0.15, -0.1) is 0 Å². The molecule has 0 fully saturated rings. The molecule has 27 heavy (non-hydrogen) atoms. The van der Waals surface area contributed by atoms with Crippen molar-refractivity contribution in [1.29, 1.82) is 0 Å². The molecular weight excluding hydrogens is 356 g/mol. The van der Waals surface area contributed by atoms with Gasteiger partial charge in [0.2, 0.25) is 11.6 Å². The zero-order valence-corrected chi connectivity index (χ0v) is 15.3. The fourth-order valence-electron chi connectivity index (χ4n) is 2.72. The van der Waals surface area contributed by atoms with Crippen LogP contribution >= 0.6 is 11.5 Å². The Morgan fingerprint density at radius 3 is 2.93 bits per heavy atom. The quantitative estimate of drug-likeness (QED) is 0.391. The van der Waals surface area contributed by atoms with Crippen molar-refractivity contribution < 1.29 is 0 Å². The van der Waals surface area contributed by atoms with Crippen LogP contribution in [0.5, 0.6) is 0 Å². The summed E-state index contributed by atoms with van der Waals surface area (Å²) < 4.78 is 4.39. The third-order valence-electron chi connectivity index (χ3n) is 4.11. The minimum atomic E-state index is 0.570. The predicted octanol–water partition coefficient (Wildman–Crippen LogP) is 4.74. The summed E-state index contributed by atoms with van der Waals surface area (Å²) in [6.07, 6.45) is 5.17. The molecule has 1 aromatic carbocycles. The fraction of sp³-hybridized carbons (Fsp3) is 0.150. The van der Waals surface area contributed by atoms with Crippen molar-refractivity contribution in [3.8, 4) is 10.6 Å². The lowest BCUT2D eigenvalue weighted by molar-refractivity contribution is 0.832. The van der Waals surface area contributed by atoms with E-state index in [-0.39, 0.29) is 0 Å². The number of anilines is 1. The predicted molar refractivity (Wildman–Crippen MR) is 108 cm³/mol. The minimum absolute atomic E-state index is 0.570. The van der Waals surface area contributed by atoms with E-state index in [0.717, 1.165) is 46.6 Å². The van der Waals surface area contributed by atoms with Gasteiger partial charge in [-0.3, -0.25) is 9.97 Å². The van der Waals surface area contributed by atoms with E-state index in [1.807, 2.05) is 30.3 Å². The molecule has 3 heterocycles. The Kier molecular flexibility index (Phi) is 4.99. The molecule has 1 N–H and O–H groups in total. The van der Waals surface area contributed by atoms with Crippen LogP contribution < -0.4 is 5.32 Å². The maximum absolute atomic E-state index is 6.94. The summed E-state index contributed by atoms with van der Waals surface area (Å²) in [5.74, 6) is 0.651. The summed E-state index contributed by atoms with van der Waals surface area (Å²) in [7, 11) is 0. The van der Waals surface area contributed by atoms with Gasteiger partial charge in [0.05, 0.1) is 12.1 Å². The molecule has 0 saturated carbocycles. The normalized spacial score (nSPS) is 10.6. The number of pyridine rings is 2. The van der Waals surface area contributed by atoms with Crippen molar-refractivity contribution in [2.45, 2.75) is 12.8 Å². The Bertz CT molecular complexity index is 1100. The number of aryl methyl sites for hydroxylation is 1. The number of rotatable bonds is 6. The van der Waals surface area contributed by atoms with Gasteiger partial charge in [-0.1, -0.05) is 18.2 Å². The standard InChI is InChI=1S/C20H16N6S/c1-21-17-8-7-16(24-13-17)5-3-11-23-20-25-19(27-26-20)15-6-9-18-14(12-15)4-2-10-22-18/h2,4,6-10,12-13H,3,5,11H2,(H,23,26). The van der Waals surface area contributed by atoms with Crippen LogP contribution in [0, 0.1) is 6.57 Å². The van der Waals surface area contributed by atoms with Crippen LogP contribution in [-0.4, -0.2) is 25.9 Å². The van der Waals surface area contributed by atoms with Crippen molar-refractivity contribution >= 4 is 34.1 Å². The van der Waals surface area contributed by atoms with Gasteiger partial charge in [0, 0.05) is 35.6 Å². The van der Waals surface area contributed by atoms with Crippen molar-refractivity contribution in [3.05, 3.63) is 72.0 Å². The highest BCUT2D eigenvalue weighted by Crippen LogP contribution is 2.26. The Morgan fingerprint density at radius 2 is 2.07 bits per heavy atom. The van der Waals surface area contributed by atoms with Crippen LogP contribution in [0.3, 0.4) is 0 Å². The molecule has 132 valence electrons. The van der Waals surface area contributed by atoms with E-state index in [0.29, 0.717) is 11.6 Å². The maximum Gasteiger partial charge on any atom is 0.235 e. The van der Waals surface area contributed by atoms with Gasteiger partial charge in [0.25, 0.3) is 0 Å². The van der Waals surface area contributed by atoms with Gasteiger partial charge in [-0.2, -0.15) is 9.36 Å². The second-order valence-corrected chi connectivity index (χ2v) is 6.74. The zero-order valence-electron chi connectivity index (χ0n) is 14.5. The van der Waals surface area contributed by atoms with Gasteiger partial charge < -0.3 is 5.32 Å². The number of aromatic nitrogens is 4. The van der Waals surface area contributed by atoms with Crippen LogP contribution in [0.25, 0.3) is 26.3 Å². The number of nitrogens with one attached hydrogen (secondary N) is 1. The Balaban J connectivity index is 1.34. The number of fused-ring (bicyclic) bond motifs is 1. The summed E-state index contributed by atoms with van der Waals surface area (Å²) in [5.41, 5.74) is 3.58. The minimum Gasteiger partial charge on any atom is -0.353 e. The third-order valence-corrected chi connectivity index (χ3v) is 4.87. The molecule has 0 radical (unpaired) electrons. The van der Waals surface area contributed by atoms with Crippen LogP contribution in [-0.2, 0) is 6.42 Å². The fourth-order valence-corrected chi connectivity index (χ4v) is 3.36. The lowest BCUT2D eigenvalue weighted by atomic mass is 10.1. The second-order valence-electron chi connectivity index (χ2n) is 5.98. The average molecular weight is 372 g/mol. The third kappa shape index (κ3) is 4.07. The summed E-state index contributed by atoms with van der Waals surface area (Å²) in [5, 5.41) is 5.25. The number of nitrogens with zero attached hydrogens (tertiary/aromatic N) is 5. The van der Waals surface area contributed by atoms with E-state index >= 15 is 0 Å². The summed E-state index contributed by atoms with van der Waals surface area (Å²) in [4.78, 5) is 16.6. The molecule has 0 bridgehead atoms. The lowest BCUT2D eigenvalue weighted by Gasteiger charge is -2.02. The van der Waals surface area contributed by atoms with Crippen molar-refractivity contribution in [2.24, 2.45) is 0 Å². The Morgan fingerprint density at radius 1 is 1.11 bits per heavy atom. The Labute approximate surface area is 160 Å².